The molecule has 0 fully saturated rings. The molecule has 1 heteroatoms. The first-order valence-corrected chi connectivity index (χ1v) is 9.64. The third-order valence-corrected chi connectivity index (χ3v) is 10.1. The van der Waals surface area contributed by atoms with E-state index in [1.807, 2.05) is 0 Å². The topological polar surface area (TPSA) is 0 Å². The average molecular weight is 256 g/mol. The smallest absolute Gasteiger partial charge is 0.0806 e. The maximum Gasteiger partial charge on any atom is 0.113 e. The second-order valence-electron chi connectivity index (χ2n) is 5.12. The summed E-state index contributed by atoms with van der Waals surface area (Å²) in [5.41, 5.74) is 1.62. The predicted molar refractivity (Wildman–Crippen MR) is 83.9 cm³/mol. The van der Waals surface area contributed by atoms with Crippen molar-refractivity contribution < 1.29 is 0 Å². The van der Waals surface area contributed by atoms with Gasteiger partial charge in [-0.1, -0.05) is 91.3 Å². The first kappa shape index (κ1) is 13.4. The second kappa shape index (κ2) is 5.70. The van der Waals surface area contributed by atoms with Crippen LogP contribution in [0.15, 0.2) is 53.3 Å². The van der Waals surface area contributed by atoms with E-state index in [1.165, 1.54) is 24.9 Å². The molecule has 0 nitrogen and oxygen atoms in total. The lowest BCUT2D eigenvalue weighted by Gasteiger charge is -2.33. The third-order valence-electron chi connectivity index (χ3n) is 4.52. The van der Waals surface area contributed by atoms with Gasteiger partial charge in [0, 0.05) is 0 Å². The van der Waals surface area contributed by atoms with Gasteiger partial charge in [0.05, 0.1) is 0 Å². The molecule has 0 radical (unpaired) electrons. The maximum absolute atomic E-state index is 2.39. The minimum atomic E-state index is -1.45. The largest absolute Gasteiger partial charge is 0.113 e. The van der Waals surface area contributed by atoms with Crippen LogP contribution >= 0.6 is 0 Å². The quantitative estimate of drug-likeness (QED) is 0.676. The molecular formula is C17H24Si. The Balaban J connectivity index is 2.52. The van der Waals surface area contributed by atoms with Crippen LogP contribution in [0, 0.1) is 0 Å². The van der Waals surface area contributed by atoms with Gasteiger partial charge in [-0.25, -0.2) is 0 Å². The number of hydrogen-bond acceptors (Lipinski definition) is 0. The minimum Gasteiger partial charge on any atom is -0.0806 e. The Morgan fingerprint density at radius 3 is 2.22 bits per heavy atom. The Morgan fingerprint density at radius 2 is 1.67 bits per heavy atom. The molecule has 0 atom stereocenters. The summed E-state index contributed by atoms with van der Waals surface area (Å²) in [6, 6.07) is 13.9. The standard InChI is InChI=1S/C17H24Si/c1-4-15-11-10-14-17(15)18(5-2,6-3)16-12-8-7-9-13-16/h7-13H,4-6,14H2,1-3H3. The van der Waals surface area contributed by atoms with Gasteiger partial charge in [0.2, 0.25) is 0 Å². The number of rotatable bonds is 5. The summed E-state index contributed by atoms with van der Waals surface area (Å²) in [4.78, 5) is 0. The molecule has 1 aliphatic rings. The van der Waals surface area contributed by atoms with Gasteiger partial charge in [-0.15, -0.1) is 0 Å². The van der Waals surface area contributed by atoms with Crippen LogP contribution in [0.4, 0.5) is 0 Å². The van der Waals surface area contributed by atoms with E-state index in [-0.39, 0.29) is 0 Å². The van der Waals surface area contributed by atoms with Crippen LogP contribution in [0.25, 0.3) is 0 Å². The Labute approximate surface area is 112 Å². The Bertz CT molecular complexity index is 450. The number of allylic oxidation sites excluding steroid dienone is 4. The zero-order valence-corrected chi connectivity index (χ0v) is 12.9. The monoisotopic (exact) mass is 256 g/mol. The van der Waals surface area contributed by atoms with Gasteiger partial charge in [-0.05, 0) is 12.8 Å². The third kappa shape index (κ3) is 2.12. The molecule has 18 heavy (non-hydrogen) atoms. The molecule has 0 aromatic heterocycles. The van der Waals surface area contributed by atoms with Crippen molar-refractivity contribution in [2.75, 3.05) is 0 Å². The van der Waals surface area contributed by atoms with E-state index in [0.29, 0.717) is 0 Å². The lowest BCUT2D eigenvalue weighted by molar-refractivity contribution is 1.12. The number of benzene rings is 1. The van der Waals surface area contributed by atoms with Gasteiger partial charge in [0.1, 0.15) is 8.07 Å². The molecule has 0 spiro atoms. The van der Waals surface area contributed by atoms with Gasteiger partial charge in [0.25, 0.3) is 0 Å². The van der Waals surface area contributed by atoms with Crippen molar-refractivity contribution in [1.82, 2.24) is 0 Å². The van der Waals surface area contributed by atoms with Gasteiger partial charge >= 0.3 is 0 Å². The second-order valence-corrected chi connectivity index (χ2v) is 9.88. The summed E-state index contributed by atoms with van der Waals surface area (Å²) in [6.07, 6.45) is 7.12. The Kier molecular flexibility index (Phi) is 4.23. The van der Waals surface area contributed by atoms with Crippen LogP contribution in [0.1, 0.15) is 33.6 Å². The summed E-state index contributed by atoms with van der Waals surface area (Å²) in [5.74, 6) is 0. The molecule has 1 aliphatic carbocycles. The highest BCUT2D eigenvalue weighted by Crippen LogP contribution is 2.34. The van der Waals surface area contributed by atoms with Crippen LogP contribution < -0.4 is 5.19 Å². The lowest BCUT2D eigenvalue weighted by atomic mass is 10.2. The molecule has 0 N–H and O–H groups in total. The predicted octanol–water partition coefficient (Wildman–Crippen LogP) is 4.59. The highest BCUT2D eigenvalue weighted by molar-refractivity contribution is 6.97. The fraction of sp³-hybridized carbons (Fsp3) is 0.412. The molecule has 1 aromatic carbocycles. The fourth-order valence-corrected chi connectivity index (χ4v) is 8.13. The van der Waals surface area contributed by atoms with Gasteiger partial charge in [-0.3, -0.25) is 0 Å². The molecule has 0 bridgehead atoms. The normalized spacial score (nSPS) is 15.5. The van der Waals surface area contributed by atoms with Crippen molar-refractivity contribution in [2.24, 2.45) is 0 Å². The Morgan fingerprint density at radius 1 is 1.00 bits per heavy atom. The van der Waals surface area contributed by atoms with Gasteiger partial charge in [-0.2, -0.15) is 0 Å². The van der Waals surface area contributed by atoms with Crippen LogP contribution in [-0.2, 0) is 0 Å². The molecule has 0 amide bonds. The molecule has 2 rings (SSSR count). The number of hydrogen-bond donors (Lipinski definition) is 0. The van der Waals surface area contributed by atoms with Crippen LogP contribution in [0.3, 0.4) is 0 Å². The molecule has 1 aromatic rings. The van der Waals surface area contributed by atoms with Crippen molar-refractivity contribution in [2.45, 2.75) is 45.7 Å². The van der Waals surface area contributed by atoms with Crippen LogP contribution in [0.2, 0.25) is 12.1 Å². The van der Waals surface area contributed by atoms with Gasteiger partial charge in [0.15, 0.2) is 0 Å². The summed E-state index contributed by atoms with van der Waals surface area (Å²) in [7, 11) is -1.45. The summed E-state index contributed by atoms with van der Waals surface area (Å²) >= 11 is 0. The SMILES string of the molecule is CCC1=C([Si](CC)(CC)c2ccccc2)CC=C1. The van der Waals surface area contributed by atoms with E-state index < -0.39 is 8.07 Å². The molecule has 0 aliphatic heterocycles. The molecule has 0 saturated carbocycles. The molecular weight excluding hydrogens is 232 g/mol. The zero-order chi connectivity index (χ0) is 13.0. The average Bonchev–Trinajstić information content (AvgIpc) is 2.91. The summed E-state index contributed by atoms with van der Waals surface area (Å²) in [6.45, 7) is 7.07. The van der Waals surface area contributed by atoms with Crippen LogP contribution in [0.5, 0.6) is 0 Å². The Hall–Kier alpha value is -1.08. The van der Waals surface area contributed by atoms with E-state index in [0.717, 1.165) is 0 Å². The van der Waals surface area contributed by atoms with Crippen LogP contribution in [-0.4, -0.2) is 8.07 Å². The first-order chi connectivity index (χ1) is 8.78. The molecule has 0 saturated heterocycles. The molecule has 96 valence electrons. The van der Waals surface area contributed by atoms with E-state index >= 15 is 0 Å². The van der Waals surface area contributed by atoms with Crippen molar-refractivity contribution in [3.8, 4) is 0 Å². The van der Waals surface area contributed by atoms with E-state index in [1.54, 1.807) is 16.0 Å². The highest BCUT2D eigenvalue weighted by Gasteiger charge is 2.36. The summed E-state index contributed by atoms with van der Waals surface area (Å²) < 4.78 is 0. The molecule has 0 unspecified atom stereocenters. The first-order valence-electron chi connectivity index (χ1n) is 7.23. The highest BCUT2D eigenvalue weighted by atomic mass is 28.3. The van der Waals surface area contributed by atoms with Crippen molar-refractivity contribution in [3.63, 3.8) is 0 Å². The van der Waals surface area contributed by atoms with Gasteiger partial charge < -0.3 is 0 Å². The van der Waals surface area contributed by atoms with Crippen molar-refractivity contribution in [1.29, 1.82) is 0 Å². The van der Waals surface area contributed by atoms with E-state index in [2.05, 4.69) is 63.3 Å². The lowest BCUT2D eigenvalue weighted by Crippen LogP contribution is -2.48. The maximum atomic E-state index is 2.39. The van der Waals surface area contributed by atoms with Crippen molar-refractivity contribution in [3.05, 3.63) is 53.3 Å². The minimum absolute atomic E-state index is 1.19. The van der Waals surface area contributed by atoms with E-state index in [4.69, 9.17) is 0 Å². The van der Waals surface area contributed by atoms with Crippen molar-refractivity contribution >= 4 is 13.3 Å². The zero-order valence-electron chi connectivity index (χ0n) is 11.9. The molecule has 0 heterocycles. The fourth-order valence-electron chi connectivity index (χ4n) is 3.40. The van der Waals surface area contributed by atoms with E-state index in [9.17, 15) is 0 Å². The summed E-state index contributed by atoms with van der Waals surface area (Å²) in [5, 5.41) is 3.42.